The summed E-state index contributed by atoms with van der Waals surface area (Å²) in [6.07, 6.45) is -0.730. The molecular weight excluding hydrogens is 383 g/mol. The average molecular weight is 400 g/mol. The van der Waals surface area contributed by atoms with Crippen LogP contribution in [0.2, 0.25) is 0 Å². The number of anilines is 1. The Labute approximate surface area is 164 Å². The van der Waals surface area contributed by atoms with Crippen LogP contribution in [0.5, 0.6) is 0 Å². The number of amides is 1. The third kappa shape index (κ3) is 4.23. The number of nitrogens with one attached hydrogen (secondary N) is 1. The number of hydrogen-bond acceptors (Lipinski definition) is 6. The Kier molecular flexibility index (Phi) is 5.58. The Bertz CT molecular complexity index is 989. The van der Waals surface area contributed by atoms with E-state index in [1.165, 1.54) is 43.5 Å². The molecule has 1 amide bonds. The zero-order chi connectivity index (χ0) is 21.0. The zero-order valence-electron chi connectivity index (χ0n) is 15.3. The topological polar surface area (TPSA) is 114 Å². The first-order valence-corrected chi connectivity index (χ1v) is 8.56. The van der Waals surface area contributed by atoms with Crippen molar-refractivity contribution < 1.29 is 33.5 Å². The maximum Gasteiger partial charge on any atom is 0.351 e. The molecule has 0 saturated carbocycles. The first-order valence-electron chi connectivity index (χ1n) is 8.56. The smallest absolute Gasteiger partial charge is 0.351 e. The molecule has 0 saturated heterocycles. The van der Waals surface area contributed by atoms with Gasteiger partial charge in [-0.05, 0) is 29.8 Å². The molecule has 2 aromatic rings. The number of benzene rings is 2. The highest BCUT2D eigenvalue weighted by atomic mass is 19.1. The average Bonchev–Trinajstić information content (AvgIpc) is 3.13. The van der Waals surface area contributed by atoms with E-state index >= 15 is 0 Å². The van der Waals surface area contributed by atoms with Gasteiger partial charge in [0.15, 0.2) is 0 Å². The molecule has 1 heterocycles. The van der Waals surface area contributed by atoms with Crippen LogP contribution in [-0.4, -0.2) is 41.4 Å². The molecule has 0 bridgehead atoms. The van der Waals surface area contributed by atoms with Gasteiger partial charge in [0.2, 0.25) is 11.5 Å². The highest BCUT2D eigenvalue weighted by Gasteiger charge is 2.49. The summed E-state index contributed by atoms with van der Waals surface area (Å²) in [5.74, 6) is -3.14. The number of methoxy groups -OCH3 is 1. The molecule has 2 aromatic carbocycles. The molecule has 0 spiro atoms. The van der Waals surface area contributed by atoms with Crippen molar-refractivity contribution in [3.8, 4) is 0 Å². The molecule has 9 heteroatoms. The number of rotatable bonds is 6. The molecule has 1 unspecified atom stereocenters. The number of carboxylic acids is 1. The highest BCUT2D eigenvalue weighted by Crippen LogP contribution is 2.31. The lowest BCUT2D eigenvalue weighted by Gasteiger charge is -2.21. The van der Waals surface area contributed by atoms with E-state index in [0.717, 1.165) is 0 Å². The van der Waals surface area contributed by atoms with Gasteiger partial charge in [0.1, 0.15) is 5.82 Å². The normalized spacial score (nSPS) is 17.8. The summed E-state index contributed by atoms with van der Waals surface area (Å²) >= 11 is 0. The van der Waals surface area contributed by atoms with Crippen molar-refractivity contribution in [3.05, 3.63) is 65.5 Å². The van der Waals surface area contributed by atoms with Gasteiger partial charge in [0.25, 0.3) is 0 Å². The van der Waals surface area contributed by atoms with Crippen molar-refractivity contribution in [2.45, 2.75) is 18.4 Å². The summed E-state index contributed by atoms with van der Waals surface area (Å²) in [4.78, 5) is 41.3. The van der Waals surface area contributed by atoms with Crippen molar-refractivity contribution in [1.29, 1.82) is 0 Å². The lowest BCUT2D eigenvalue weighted by molar-refractivity contribution is -0.165. The molecule has 0 radical (unpaired) electrons. The minimum Gasteiger partial charge on any atom is -0.478 e. The third-order valence-electron chi connectivity index (χ3n) is 4.40. The summed E-state index contributed by atoms with van der Waals surface area (Å²) in [6, 6.07) is 11.5. The molecule has 1 aliphatic rings. The fourth-order valence-electron chi connectivity index (χ4n) is 2.89. The summed E-state index contributed by atoms with van der Waals surface area (Å²) in [5, 5.41) is 16.0. The Balaban J connectivity index is 1.75. The second kappa shape index (κ2) is 8.09. The van der Waals surface area contributed by atoms with E-state index < -0.39 is 35.7 Å². The Hall–Kier alpha value is -3.75. The van der Waals surface area contributed by atoms with Gasteiger partial charge in [-0.1, -0.05) is 29.4 Å². The number of halogens is 1. The minimum atomic E-state index is -1.91. The van der Waals surface area contributed by atoms with Crippen LogP contribution in [-0.2, 0) is 19.2 Å². The molecule has 0 aliphatic carbocycles. The summed E-state index contributed by atoms with van der Waals surface area (Å²) < 4.78 is 17.8. The fourth-order valence-corrected chi connectivity index (χ4v) is 2.89. The summed E-state index contributed by atoms with van der Waals surface area (Å²) in [6.45, 7) is 0. The lowest BCUT2D eigenvalue weighted by Crippen LogP contribution is -2.42. The molecule has 8 nitrogen and oxygen atoms in total. The Morgan fingerprint density at radius 3 is 2.55 bits per heavy atom. The van der Waals surface area contributed by atoms with Gasteiger partial charge in [-0.2, -0.15) is 0 Å². The minimum absolute atomic E-state index is 0.128. The van der Waals surface area contributed by atoms with Crippen molar-refractivity contribution in [2.24, 2.45) is 5.16 Å². The van der Waals surface area contributed by atoms with E-state index in [1.807, 2.05) is 0 Å². The van der Waals surface area contributed by atoms with Gasteiger partial charge in [-0.25, -0.2) is 14.0 Å². The number of carbonyl (C=O) groups excluding carboxylic acids is 2. The van der Waals surface area contributed by atoms with Gasteiger partial charge in [-0.3, -0.25) is 4.79 Å². The van der Waals surface area contributed by atoms with E-state index in [0.29, 0.717) is 5.56 Å². The Morgan fingerprint density at radius 2 is 1.90 bits per heavy atom. The van der Waals surface area contributed by atoms with Gasteiger partial charge in [0, 0.05) is 6.42 Å². The second-order valence-electron chi connectivity index (χ2n) is 6.37. The van der Waals surface area contributed by atoms with Gasteiger partial charge in [-0.15, -0.1) is 0 Å². The molecule has 0 fully saturated rings. The van der Waals surface area contributed by atoms with Crippen LogP contribution in [0.25, 0.3) is 0 Å². The van der Waals surface area contributed by atoms with Crippen LogP contribution in [0.3, 0.4) is 0 Å². The quantitative estimate of drug-likeness (QED) is 0.721. The molecule has 0 aromatic heterocycles. The molecule has 3 rings (SSSR count). The van der Waals surface area contributed by atoms with Gasteiger partial charge >= 0.3 is 11.9 Å². The number of oxime groups is 1. The first kappa shape index (κ1) is 20.0. The lowest BCUT2D eigenvalue weighted by atomic mass is 9.90. The van der Waals surface area contributed by atoms with E-state index in [-0.39, 0.29) is 23.4 Å². The highest BCUT2D eigenvalue weighted by molar-refractivity contribution is 6.07. The Morgan fingerprint density at radius 1 is 1.21 bits per heavy atom. The molecule has 1 aliphatic heterocycles. The number of aliphatic carboxylic acids is 1. The van der Waals surface area contributed by atoms with Crippen molar-refractivity contribution in [3.63, 3.8) is 0 Å². The SMILES string of the molecule is COC(=O)c1ccccc1NC(=O)CC1(C(=O)O)CC(c2ccc(F)cc2)=NO1. The predicted molar refractivity (Wildman–Crippen MR) is 100 cm³/mol. The second-order valence-corrected chi connectivity index (χ2v) is 6.37. The van der Waals surface area contributed by atoms with Crippen molar-refractivity contribution in [1.82, 2.24) is 0 Å². The number of carboxylic acid groups (broad SMARTS) is 1. The first-order chi connectivity index (χ1) is 13.8. The fraction of sp³-hybridized carbons (Fsp3) is 0.200. The van der Waals surface area contributed by atoms with Crippen LogP contribution in [0.15, 0.2) is 53.7 Å². The molecule has 29 heavy (non-hydrogen) atoms. The number of nitrogens with zero attached hydrogens (tertiary/aromatic N) is 1. The summed E-state index contributed by atoms with van der Waals surface area (Å²) in [7, 11) is 1.21. The largest absolute Gasteiger partial charge is 0.478 e. The molecule has 2 N–H and O–H groups in total. The van der Waals surface area contributed by atoms with Gasteiger partial charge in [0.05, 0.1) is 30.5 Å². The third-order valence-corrected chi connectivity index (χ3v) is 4.40. The number of hydrogen-bond donors (Lipinski definition) is 2. The monoisotopic (exact) mass is 400 g/mol. The molecule has 150 valence electrons. The van der Waals surface area contributed by atoms with E-state index in [2.05, 4.69) is 15.2 Å². The zero-order valence-corrected chi connectivity index (χ0v) is 15.3. The predicted octanol–water partition coefficient (Wildman–Crippen LogP) is 2.59. The number of ether oxygens (including phenoxy) is 1. The van der Waals surface area contributed by atoms with Crippen LogP contribution in [0.4, 0.5) is 10.1 Å². The maximum absolute atomic E-state index is 13.1. The van der Waals surface area contributed by atoms with E-state index in [9.17, 15) is 23.9 Å². The van der Waals surface area contributed by atoms with Crippen LogP contribution < -0.4 is 5.32 Å². The molecular formula is C20H17FN2O6. The van der Waals surface area contributed by atoms with E-state index in [4.69, 9.17) is 4.84 Å². The van der Waals surface area contributed by atoms with Crippen molar-refractivity contribution in [2.75, 3.05) is 12.4 Å². The number of carbonyl (C=O) groups is 3. The summed E-state index contributed by atoms with van der Waals surface area (Å²) in [5.41, 5.74) is -0.819. The van der Waals surface area contributed by atoms with Crippen LogP contribution in [0, 0.1) is 5.82 Å². The molecule has 1 atom stereocenters. The van der Waals surface area contributed by atoms with E-state index in [1.54, 1.807) is 12.1 Å². The van der Waals surface area contributed by atoms with Crippen molar-refractivity contribution >= 4 is 29.2 Å². The van der Waals surface area contributed by atoms with Gasteiger partial charge < -0.3 is 20.0 Å². The number of para-hydroxylation sites is 1. The standard InChI is InChI=1S/C20H17FN2O6/c1-28-18(25)14-4-2-3-5-15(14)22-17(24)11-20(19(26)27)10-16(23-29-20)12-6-8-13(21)9-7-12/h2-9H,10-11H2,1H3,(H,22,24)(H,26,27). The maximum atomic E-state index is 13.1. The van der Waals surface area contributed by atoms with Crippen LogP contribution >= 0.6 is 0 Å². The van der Waals surface area contributed by atoms with Crippen LogP contribution in [0.1, 0.15) is 28.8 Å². The number of esters is 1.